The van der Waals surface area contributed by atoms with Crippen molar-refractivity contribution in [3.63, 3.8) is 0 Å². The van der Waals surface area contributed by atoms with Crippen LogP contribution in [0.2, 0.25) is 0 Å². The first kappa shape index (κ1) is 23.3. The molecule has 13 nitrogen and oxygen atoms in total. The molecule has 0 N–H and O–H groups in total. The summed E-state index contributed by atoms with van der Waals surface area (Å²) in [5.74, 6) is -0.355. The molecule has 4 rings (SSSR count). The number of carbonyl (C=O) groups excluding carboxylic acids is 2. The Morgan fingerprint density at radius 2 is 2.03 bits per heavy atom. The third-order valence-electron chi connectivity index (χ3n) is 5.29. The third kappa shape index (κ3) is 4.91. The van der Waals surface area contributed by atoms with Gasteiger partial charge in [0.05, 0.1) is 23.9 Å². The van der Waals surface area contributed by atoms with E-state index in [-0.39, 0.29) is 28.8 Å². The fraction of sp³-hybridized carbons (Fsp3) is 0.273. The van der Waals surface area contributed by atoms with Crippen molar-refractivity contribution < 1.29 is 32.8 Å². The Hall–Kier alpha value is -4.86. The maximum atomic E-state index is 12.6. The smallest absolute Gasteiger partial charge is 0.338 e. The molecule has 1 saturated heterocycles. The van der Waals surface area contributed by atoms with Crippen molar-refractivity contribution in [2.75, 3.05) is 44.8 Å². The number of hydrogen-bond acceptors (Lipinski definition) is 11. The van der Waals surface area contributed by atoms with Crippen molar-refractivity contribution in [3.8, 4) is 23.5 Å². The van der Waals surface area contributed by atoms with Gasteiger partial charge in [0.1, 0.15) is 6.07 Å². The fourth-order valence-electron chi connectivity index (χ4n) is 3.52. The van der Waals surface area contributed by atoms with E-state index < -0.39 is 23.2 Å². The summed E-state index contributed by atoms with van der Waals surface area (Å²) in [5, 5.41) is 20.8. The summed E-state index contributed by atoms with van der Waals surface area (Å²) in [4.78, 5) is 42.4. The number of amides is 1. The standard InChI is InChI=1S/C22H19N5O8/c1-32-22(29)14-4-5-17(16(11-14)27(30)31)34-13-19(28)25-6-8-26(9-7-25)21-15(12-23)24-20(35-21)18-3-2-10-33-18/h2-5,10-11H,6-9,13H2,1H3. The molecule has 3 heterocycles. The van der Waals surface area contributed by atoms with Crippen LogP contribution in [0.25, 0.3) is 11.7 Å². The van der Waals surface area contributed by atoms with E-state index in [1.54, 1.807) is 21.9 Å². The number of oxazole rings is 1. The number of hydrogen-bond donors (Lipinski definition) is 0. The first-order valence-electron chi connectivity index (χ1n) is 10.4. The minimum absolute atomic E-state index is 0.00615. The third-order valence-corrected chi connectivity index (χ3v) is 5.29. The number of ether oxygens (including phenoxy) is 2. The molecule has 0 aliphatic carbocycles. The molecule has 0 unspecified atom stereocenters. The van der Waals surface area contributed by atoms with E-state index in [1.807, 2.05) is 6.07 Å². The van der Waals surface area contributed by atoms with Crippen LogP contribution in [0.15, 0.2) is 45.4 Å². The Balaban J connectivity index is 1.37. The zero-order valence-corrected chi connectivity index (χ0v) is 18.5. The van der Waals surface area contributed by atoms with Crippen molar-refractivity contribution in [1.82, 2.24) is 9.88 Å². The number of nitro groups is 1. The molecule has 0 saturated carbocycles. The minimum Gasteiger partial charge on any atom is -0.477 e. The highest BCUT2D eigenvalue weighted by Gasteiger charge is 2.28. The second kappa shape index (κ2) is 9.96. The number of aromatic nitrogens is 1. The lowest BCUT2D eigenvalue weighted by atomic mass is 10.2. The van der Waals surface area contributed by atoms with E-state index in [0.29, 0.717) is 37.8 Å². The quantitative estimate of drug-likeness (QED) is 0.276. The van der Waals surface area contributed by atoms with Crippen LogP contribution in [0, 0.1) is 21.4 Å². The van der Waals surface area contributed by atoms with Crippen LogP contribution in [-0.2, 0) is 9.53 Å². The number of methoxy groups -OCH3 is 1. The van der Waals surface area contributed by atoms with Gasteiger partial charge in [0.15, 0.2) is 18.1 Å². The topological polar surface area (TPSA) is 165 Å². The number of nitro benzene ring substituents is 1. The fourth-order valence-corrected chi connectivity index (χ4v) is 3.52. The molecule has 0 atom stereocenters. The van der Waals surface area contributed by atoms with Crippen molar-refractivity contribution in [2.24, 2.45) is 0 Å². The van der Waals surface area contributed by atoms with E-state index in [1.165, 1.54) is 25.5 Å². The number of nitriles is 1. The monoisotopic (exact) mass is 481 g/mol. The van der Waals surface area contributed by atoms with Crippen molar-refractivity contribution in [3.05, 3.63) is 58.0 Å². The Bertz CT molecular complexity index is 1290. The summed E-state index contributed by atoms with van der Waals surface area (Å²) < 4.78 is 21.0. The predicted molar refractivity (Wildman–Crippen MR) is 118 cm³/mol. The Morgan fingerprint density at radius 3 is 2.66 bits per heavy atom. The summed E-state index contributed by atoms with van der Waals surface area (Å²) in [5.41, 5.74) is -0.345. The summed E-state index contributed by atoms with van der Waals surface area (Å²) >= 11 is 0. The molecule has 0 bridgehead atoms. The number of esters is 1. The van der Waals surface area contributed by atoms with Crippen molar-refractivity contribution in [2.45, 2.75) is 0 Å². The van der Waals surface area contributed by atoms with Crippen LogP contribution in [0.5, 0.6) is 5.75 Å². The summed E-state index contributed by atoms with van der Waals surface area (Å²) in [6.45, 7) is 0.954. The van der Waals surface area contributed by atoms with Gasteiger partial charge in [0.25, 0.3) is 11.8 Å². The Morgan fingerprint density at radius 1 is 1.26 bits per heavy atom. The molecule has 0 radical (unpaired) electrons. The summed E-state index contributed by atoms with van der Waals surface area (Å²) in [7, 11) is 1.17. The van der Waals surface area contributed by atoms with Gasteiger partial charge in [0, 0.05) is 32.2 Å². The Labute approximate surface area is 198 Å². The van der Waals surface area contributed by atoms with E-state index in [2.05, 4.69) is 9.72 Å². The summed E-state index contributed by atoms with van der Waals surface area (Å²) in [6, 6.07) is 8.95. The zero-order chi connectivity index (χ0) is 24.9. The number of furan rings is 1. The zero-order valence-electron chi connectivity index (χ0n) is 18.5. The first-order valence-corrected chi connectivity index (χ1v) is 10.4. The van der Waals surface area contributed by atoms with Gasteiger partial charge in [-0.05, 0) is 24.3 Å². The lowest BCUT2D eigenvalue weighted by Crippen LogP contribution is -2.50. The highest BCUT2D eigenvalue weighted by Crippen LogP contribution is 2.30. The van der Waals surface area contributed by atoms with Crippen molar-refractivity contribution in [1.29, 1.82) is 5.26 Å². The second-order valence-electron chi connectivity index (χ2n) is 7.35. The van der Waals surface area contributed by atoms with Crippen LogP contribution in [0.3, 0.4) is 0 Å². The van der Waals surface area contributed by atoms with E-state index in [0.717, 1.165) is 6.07 Å². The second-order valence-corrected chi connectivity index (χ2v) is 7.35. The van der Waals surface area contributed by atoms with Crippen LogP contribution in [-0.4, -0.2) is 66.6 Å². The minimum atomic E-state index is -0.726. The van der Waals surface area contributed by atoms with Gasteiger partial charge in [-0.25, -0.2) is 4.79 Å². The normalized spacial score (nSPS) is 13.3. The van der Waals surface area contributed by atoms with E-state index in [9.17, 15) is 25.0 Å². The van der Waals surface area contributed by atoms with Gasteiger partial charge >= 0.3 is 11.7 Å². The summed E-state index contributed by atoms with van der Waals surface area (Å²) in [6.07, 6.45) is 1.47. The molecule has 35 heavy (non-hydrogen) atoms. The average Bonchev–Trinajstić information content (AvgIpc) is 3.57. The largest absolute Gasteiger partial charge is 0.477 e. The van der Waals surface area contributed by atoms with Crippen molar-refractivity contribution >= 4 is 23.4 Å². The van der Waals surface area contributed by atoms with Gasteiger partial charge in [-0.3, -0.25) is 14.9 Å². The van der Waals surface area contributed by atoms with Gasteiger partial charge in [-0.15, -0.1) is 0 Å². The number of piperazine rings is 1. The maximum Gasteiger partial charge on any atom is 0.338 e. The highest BCUT2D eigenvalue weighted by molar-refractivity contribution is 5.90. The Kier molecular flexibility index (Phi) is 6.63. The number of rotatable bonds is 7. The van der Waals surface area contributed by atoms with E-state index >= 15 is 0 Å². The maximum absolute atomic E-state index is 12.6. The van der Waals surface area contributed by atoms with Crippen LogP contribution >= 0.6 is 0 Å². The number of benzene rings is 1. The predicted octanol–water partition coefficient (Wildman–Crippen LogP) is 2.23. The molecule has 0 spiro atoms. The molecule has 1 aromatic carbocycles. The molecular formula is C22H19N5O8. The van der Waals surface area contributed by atoms with Gasteiger partial charge in [0.2, 0.25) is 11.6 Å². The van der Waals surface area contributed by atoms with E-state index in [4.69, 9.17) is 13.6 Å². The van der Waals surface area contributed by atoms with Gasteiger partial charge in [-0.2, -0.15) is 10.2 Å². The molecule has 1 aliphatic heterocycles. The first-order chi connectivity index (χ1) is 16.9. The molecule has 13 heteroatoms. The molecule has 1 fully saturated rings. The van der Waals surface area contributed by atoms with Crippen LogP contribution in [0.4, 0.5) is 11.6 Å². The lowest BCUT2D eigenvalue weighted by Gasteiger charge is -2.34. The molecular weight excluding hydrogens is 462 g/mol. The molecule has 1 amide bonds. The highest BCUT2D eigenvalue weighted by atomic mass is 16.6. The lowest BCUT2D eigenvalue weighted by molar-refractivity contribution is -0.385. The average molecular weight is 481 g/mol. The van der Waals surface area contributed by atoms with Crippen LogP contribution < -0.4 is 9.64 Å². The SMILES string of the molecule is COC(=O)c1ccc(OCC(=O)N2CCN(c3oc(-c4ccco4)nc3C#N)CC2)c([N+](=O)[O-])c1. The number of anilines is 1. The number of nitrogens with zero attached hydrogens (tertiary/aromatic N) is 5. The van der Waals surface area contributed by atoms with Crippen LogP contribution in [0.1, 0.15) is 16.1 Å². The molecule has 1 aliphatic rings. The number of carbonyl (C=O) groups is 2. The molecule has 2 aromatic heterocycles. The van der Waals surface area contributed by atoms with Gasteiger partial charge in [-0.1, -0.05) is 0 Å². The molecule has 180 valence electrons. The van der Waals surface area contributed by atoms with Gasteiger partial charge < -0.3 is 28.1 Å². The molecule has 3 aromatic rings.